The number of unbranched alkanes of at least 4 members (excludes halogenated alkanes) is 5. The molecule has 1 heterocycles. The van der Waals surface area contributed by atoms with Gasteiger partial charge >= 0.3 is 0 Å². The molecule has 3 atom stereocenters. The average molecular weight is 594 g/mol. The minimum absolute atomic E-state index is 0.192. The van der Waals surface area contributed by atoms with E-state index in [0.29, 0.717) is 31.7 Å². The lowest BCUT2D eigenvalue weighted by atomic mass is 10.1. The Morgan fingerprint density at radius 3 is 1.90 bits per heavy atom. The van der Waals surface area contributed by atoms with E-state index in [2.05, 4.69) is 36.0 Å². The second-order valence-electron chi connectivity index (χ2n) is 9.51. The van der Waals surface area contributed by atoms with Gasteiger partial charge in [-0.3, -0.25) is 33.7 Å². The highest BCUT2D eigenvalue weighted by molar-refractivity contribution is 7.99. The summed E-state index contributed by atoms with van der Waals surface area (Å²) in [6, 6.07) is -2.49. The number of carbonyl (C=O) groups is 7. The van der Waals surface area contributed by atoms with Crippen molar-refractivity contribution in [1.29, 1.82) is 0 Å². The first kappa shape index (κ1) is 37.8. The maximum Gasteiger partial charge on any atom is 0.253 e. The Hall–Kier alpha value is -3.16. The molecule has 0 aromatic heterocycles. The number of hydrogen-bond acceptors (Lipinski definition) is 8. The van der Waals surface area contributed by atoms with Crippen molar-refractivity contribution in [3.05, 3.63) is 12.2 Å². The fourth-order valence-corrected chi connectivity index (χ4v) is 4.35. The molecule has 0 aromatic carbocycles. The van der Waals surface area contributed by atoms with Crippen molar-refractivity contribution in [1.82, 2.24) is 26.2 Å². The first-order valence-corrected chi connectivity index (χ1v) is 15.1. The lowest BCUT2D eigenvalue weighted by Gasteiger charge is -2.20. The summed E-state index contributed by atoms with van der Waals surface area (Å²) in [7, 11) is 4.17. The number of carbonyl (C=O) groups excluding carboxylic acids is 7. The molecule has 14 heteroatoms. The lowest BCUT2D eigenvalue weighted by molar-refractivity contribution is -0.137. The molecule has 228 valence electrons. The summed E-state index contributed by atoms with van der Waals surface area (Å²) in [4.78, 5) is 81.9. The van der Waals surface area contributed by atoms with Crippen LogP contribution in [0.5, 0.6) is 0 Å². The molecular weight excluding hydrogens is 549 g/mol. The molecule has 6 amide bonds. The van der Waals surface area contributed by atoms with Crippen molar-refractivity contribution in [3.63, 3.8) is 0 Å². The molecule has 1 aliphatic heterocycles. The van der Waals surface area contributed by atoms with Gasteiger partial charge in [-0.1, -0.05) is 32.6 Å². The van der Waals surface area contributed by atoms with E-state index in [9.17, 15) is 28.8 Å². The summed E-state index contributed by atoms with van der Waals surface area (Å²) < 4.78 is 0. The number of rotatable bonds is 19. The molecule has 0 aliphatic carbocycles. The summed E-state index contributed by atoms with van der Waals surface area (Å²) in [5.41, 5.74) is 0. The van der Waals surface area contributed by atoms with Gasteiger partial charge in [0.25, 0.3) is 11.8 Å². The van der Waals surface area contributed by atoms with Crippen molar-refractivity contribution in [3.8, 4) is 0 Å². The molecule has 41 heavy (non-hydrogen) atoms. The first-order chi connectivity index (χ1) is 19.5. The molecular formula is C27H44BN5O7S. The Balaban J connectivity index is 0.00000509. The number of imide groups is 1. The van der Waals surface area contributed by atoms with Crippen molar-refractivity contribution >= 4 is 61.2 Å². The topological polar surface area (TPSA) is 171 Å². The normalized spacial score (nSPS) is 14.3. The molecule has 4 N–H and O–H groups in total. The zero-order valence-corrected chi connectivity index (χ0v) is 25.3. The Morgan fingerprint density at radius 2 is 1.34 bits per heavy atom. The van der Waals surface area contributed by atoms with Crippen LogP contribution in [0.4, 0.5) is 0 Å². The molecule has 3 unspecified atom stereocenters. The summed E-state index contributed by atoms with van der Waals surface area (Å²) in [5, 5.41) is 10.5. The minimum Gasteiger partial charge on any atom is -0.345 e. The summed E-state index contributed by atoms with van der Waals surface area (Å²) in [6.07, 6.45) is 9.37. The van der Waals surface area contributed by atoms with Crippen LogP contribution in [0.2, 0.25) is 0 Å². The highest BCUT2D eigenvalue weighted by Crippen LogP contribution is 2.08. The van der Waals surface area contributed by atoms with Crippen LogP contribution in [0.25, 0.3) is 0 Å². The fraction of sp³-hybridized carbons (Fsp3) is 0.667. The van der Waals surface area contributed by atoms with Gasteiger partial charge in [0.1, 0.15) is 18.1 Å². The van der Waals surface area contributed by atoms with Gasteiger partial charge in [0.05, 0.1) is 12.1 Å². The summed E-state index contributed by atoms with van der Waals surface area (Å²) >= 11 is 1.64. The molecule has 2 radical (unpaired) electrons. The van der Waals surface area contributed by atoms with Crippen LogP contribution in [0.1, 0.15) is 79.1 Å². The minimum atomic E-state index is -0.893. The smallest absolute Gasteiger partial charge is 0.253 e. The van der Waals surface area contributed by atoms with Gasteiger partial charge in [-0.2, -0.15) is 0 Å². The number of nitrogens with zero attached hydrogens (tertiary/aromatic N) is 1. The second kappa shape index (κ2) is 22.5. The van der Waals surface area contributed by atoms with Gasteiger partial charge < -0.3 is 26.1 Å². The number of thioether (sulfide) groups is 1. The van der Waals surface area contributed by atoms with Crippen molar-refractivity contribution < 1.29 is 33.6 Å². The predicted octanol–water partition coefficient (Wildman–Crippen LogP) is 0.718. The standard InChI is InChI=1S/C26H43N5O6S.CHBO/c1-5-6-7-11-16-38-17-27-24(35)18(2)29-26(37)20(4)30-25(36)19(3)28-21(32)12-9-8-10-15-31-22(33)13-14-23(31)34;2-1-3/h13-14,18-20H,5-12,15-17H2,1-4H3,(H,27,35)(H,28,32)(H,29,37)(H,30,36);1H. The zero-order chi connectivity index (χ0) is 31.2. The molecule has 0 spiro atoms. The molecule has 0 saturated heterocycles. The third-order valence-corrected chi connectivity index (χ3v) is 6.88. The van der Waals surface area contributed by atoms with E-state index < -0.39 is 29.9 Å². The monoisotopic (exact) mass is 593 g/mol. The molecule has 0 bridgehead atoms. The van der Waals surface area contributed by atoms with Crippen molar-refractivity contribution in [2.45, 2.75) is 97.2 Å². The van der Waals surface area contributed by atoms with Gasteiger partial charge in [-0.05, 0) is 45.8 Å². The van der Waals surface area contributed by atoms with Crippen LogP contribution >= 0.6 is 11.8 Å². The third kappa shape index (κ3) is 17.3. The van der Waals surface area contributed by atoms with Crippen molar-refractivity contribution in [2.75, 3.05) is 18.2 Å². The predicted molar refractivity (Wildman–Crippen MR) is 159 cm³/mol. The number of amides is 6. The van der Waals surface area contributed by atoms with Gasteiger partial charge in [-0.25, -0.2) is 0 Å². The zero-order valence-electron chi connectivity index (χ0n) is 24.5. The Morgan fingerprint density at radius 1 is 0.829 bits per heavy atom. The number of hydrogen-bond donors (Lipinski definition) is 4. The van der Waals surface area contributed by atoms with Crippen LogP contribution in [0.3, 0.4) is 0 Å². The Labute approximate surface area is 248 Å². The van der Waals surface area contributed by atoms with Gasteiger partial charge in [0.15, 0.2) is 7.85 Å². The lowest BCUT2D eigenvalue weighted by Crippen LogP contribution is -2.54. The highest BCUT2D eigenvalue weighted by Gasteiger charge is 2.24. The van der Waals surface area contributed by atoms with E-state index in [-0.39, 0.29) is 36.2 Å². The van der Waals surface area contributed by atoms with Crippen LogP contribution in [0, 0.1) is 0 Å². The largest absolute Gasteiger partial charge is 0.345 e. The summed E-state index contributed by atoms with van der Waals surface area (Å²) in [5.74, 6) is -0.828. The van der Waals surface area contributed by atoms with E-state index >= 15 is 0 Å². The van der Waals surface area contributed by atoms with E-state index in [1.807, 2.05) is 0 Å². The van der Waals surface area contributed by atoms with Crippen LogP contribution < -0.4 is 21.3 Å². The maximum absolute atomic E-state index is 12.4. The Bertz CT molecular complexity index is 900. The summed E-state index contributed by atoms with van der Waals surface area (Å²) in [6.45, 7) is 7.07. The van der Waals surface area contributed by atoms with E-state index in [1.54, 1.807) is 18.7 Å². The fourth-order valence-electron chi connectivity index (χ4n) is 3.55. The molecule has 0 fully saturated rings. The highest BCUT2D eigenvalue weighted by atomic mass is 32.2. The van der Waals surface area contributed by atoms with Crippen molar-refractivity contribution in [2.24, 2.45) is 0 Å². The molecule has 0 aromatic rings. The van der Waals surface area contributed by atoms with Gasteiger partial charge in [0, 0.05) is 25.1 Å². The van der Waals surface area contributed by atoms with E-state index in [1.165, 1.54) is 45.3 Å². The SMILES string of the molecule is CCCCCCSCNC(=O)C(C)NC(=O)C(C)NC(=O)C(C)NC(=O)CCCCCN1C(=O)C=CC1=O.[B]C=O. The van der Waals surface area contributed by atoms with E-state index in [4.69, 9.17) is 4.79 Å². The van der Waals surface area contributed by atoms with Gasteiger partial charge in [0.2, 0.25) is 23.6 Å². The maximum atomic E-state index is 12.4. The van der Waals surface area contributed by atoms with E-state index in [0.717, 1.165) is 17.1 Å². The quantitative estimate of drug-likeness (QED) is 0.0558. The molecule has 1 aliphatic rings. The van der Waals surface area contributed by atoms with Crippen LogP contribution in [-0.2, 0) is 33.6 Å². The van der Waals surface area contributed by atoms with Crippen LogP contribution in [-0.4, -0.2) is 90.7 Å². The Kier molecular flexibility index (Phi) is 20.8. The molecule has 0 saturated carbocycles. The number of nitrogens with one attached hydrogen (secondary N) is 4. The first-order valence-electron chi connectivity index (χ1n) is 13.9. The average Bonchev–Trinajstić information content (AvgIpc) is 3.24. The molecule has 12 nitrogen and oxygen atoms in total. The second-order valence-corrected chi connectivity index (χ2v) is 10.6. The third-order valence-electron chi connectivity index (χ3n) is 5.95. The van der Waals surface area contributed by atoms with Crippen LogP contribution in [0.15, 0.2) is 12.2 Å². The van der Waals surface area contributed by atoms with Gasteiger partial charge in [-0.15, -0.1) is 11.8 Å². The molecule has 1 rings (SSSR count).